The topological polar surface area (TPSA) is 24.5 Å². The molecule has 0 aromatic rings. The first-order chi connectivity index (χ1) is 7.75. The monoisotopic (exact) mass is 244 g/mol. The van der Waals surface area contributed by atoms with Crippen molar-refractivity contribution in [1.82, 2.24) is 10.2 Å². The predicted molar refractivity (Wildman–Crippen MR) is 70.2 cm³/mol. The van der Waals surface area contributed by atoms with Crippen LogP contribution in [0.15, 0.2) is 0 Å². The van der Waals surface area contributed by atoms with Crippen LogP contribution in [0.2, 0.25) is 0 Å². The van der Waals surface area contributed by atoms with Gasteiger partial charge in [-0.3, -0.25) is 4.90 Å². The number of thioether (sulfide) groups is 1. The normalized spacial score (nSPS) is 37.5. The van der Waals surface area contributed by atoms with E-state index in [9.17, 15) is 0 Å². The molecule has 3 unspecified atom stereocenters. The van der Waals surface area contributed by atoms with Crippen molar-refractivity contribution in [1.29, 1.82) is 0 Å². The molecule has 2 heterocycles. The summed E-state index contributed by atoms with van der Waals surface area (Å²) in [6.07, 6.45) is 1.69. The molecule has 3 atom stereocenters. The lowest BCUT2D eigenvalue weighted by Gasteiger charge is -2.37. The highest BCUT2D eigenvalue weighted by Gasteiger charge is 2.24. The van der Waals surface area contributed by atoms with Gasteiger partial charge in [0.25, 0.3) is 0 Å². The molecular formula is C12H24N2OS. The van der Waals surface area contributed by atoms with Crippen molar-refractivity contribution in [3.05, 3.63) is 0 Å². The number of hydrogen-bond acceptors (Lipinski definition) is 4. The van der Waals surface area contributed by atoms with Crippen molar-refractivity contribution in [2.45, 2.75) is 38.5 Å². The second-order valence-electron chi connectivity index (χ2n) is 5.00. The van der Waals surface area contributed by atoms with Gasteiger partial charge in [-0.15, -0.1) is 0 Å². The largest absolute Gasteiger partial charge is 0.376 e. The van der Waals surface area contributed by atoms with Gasteiger partial charge in [-0.05, 0) is 20.3 Å². The molecule has 2 aliphatic rings. The van der Waals surface area contributed by atoms with E-state index in [1.165, 1.54) is 31.0 Å². The van der Waals surface area contributed by atoms with Crippen LogP contribution in [0.3, 0.4) is 0 Å². The van der Waals surface area contributed by atoms with Crippen LogP contribution < -0.4 is 5.32 Å². The summed E-state index contributed by atoms with van der Waals surface area (Å²) in [4.78, 5) is 2.58. The number of nitrogens with zero attached hydrogens (tertiary/aromatic N) is 1. The summed E-state index contributed by atoms with van der Waals surface area (Å²) < 4.78 is 5.65. The minimum Gasteiger partial charge on any atom is -0.376 e. The van der Waals surface area contributed by atoms with E-state index < -0.39 is 0 Å². The second-order valence-corrected chi connectivity index (χ2v) is 6.15. The fraction of sp³-hybridized carbons (Fsp3) is 1.00. The van der Waals surface area contributed by atoms with E-state index in [4.69, 9.17) is 4.74 Å². The van der Waals surface area contributed by atoms with Gasteiger partial charge in [-0.25, -0.2) is 0 Å². The van der Waals surface area contributed by atoms with Gasteiger partial charge >= 0.3 is 0 Å². The Labute approximate surface area is 103 Å². The molecule has 1 N–H and O–H groups in total. The molecule has 2 saturated heterocycles. The smallest absolute Gasteiger partial charge is 0.0674 e. The van der Waals surface area contributed by atoms with Gasteiger partial charge in [-0.2, -0.15) is 11.8 Å². The fourth-order valence-corrected chi connectivity index (χ4v) is 3.41. The molecule has 16 heavy (non-hydrogen) atoms. The summed E-state index contributed by atoms with van der Waals surface area (Å²) in [6, 6.07) is 1.32. The Kier molecular flexibility index (Phi) is 4.95. The highest BCUT2D eigenvalue weighted by Crippen LogP contribution is 2.15. The molecule has 0 aromatic heterocycles. The summed E-state index contributed by atoms with van der Waals surface area (Å²) in [7, 11) is 0. The Morgan fingerprint density at radius 2 is 2.31 bits per heavy atom. The predicted octanol–water partition coefficient (Wildman–Crippen LogP) is 1.19. The van der Waals surface area contributed by atoms with Crippen molar-refractivity contribution >= 4 is 11.8 Å². The molecule has 0 amide bonds. The molecule has 0 spiro atoms. The van der Waals surface area contributed by atoms with Crippen LogP contribution in [0, 0.1) is 0 Å². The highest BCUT2D eigenvalue weighted by atomic mass is 32.2. The van der Waals surface area contributed by atoms with Crippen LogP contribution in [-0.4, -0.2) is 60.8 Å². The lowest BCUT2D eigenvalue weighted by atomic mass is 10.1. The highest BCUT2D eigenvalue weighted by molar-refractivity contribution is 7.99. The van der Waals surface area contributed by atoms with E-state index in [0.29, 0.717) is 12.1 Å². The molecule has 0 aliphatic carbocycles. The molecule has 0 saturated carbocycles. The molecule has 2 fully saturated rings. The maximum Gasteiger partial charge on any atom is 0.0674 e. The zero-order valence-electron chi connectivity index (χ0n) is 10.4. The average molecular weight is 244 g/mol. The quantitative estimate of drug-likeness (QED) is 0.806. The fourth-order valence-electron chi connectivity index (χ4n) is 2.41. The number of morpholine rings is 1. The van der Waals surface area contributed by atoms with Crippen molar-refractivity contribution in [3.63, 3.8) is 0 Å². The van der Waals surface area contributed by atoms with Gasteiger partial charge in [0.1, 0.15) is 0 Å². The van der Waals surface area contributed by atoms with Gasteiger partial charge in [0.2, 0.25) is 0 Å². The number of nitrogens with one attached hydrogen (secondary N) is 1. The lowest BCUT2D eigenvalue weighted by molar-refractivity contribution is -0.0500. The van der Waals surface area contributed by atoms with Crippen LogP contribution in [0.25, 0.3) is 0 Å². The third-order valence-corrected chi connectivity index (χ3v) is 4.63. The Balaban J connectivity index is 1.71. The van der Waals surface area contributed by atoms with E-state index >= 15 is 0 Å². The summed E-state index contributed by atoms with van der Waals surface area (Å²) >= 11 is 2.09. The summed E-state index contributed by atoms with van der Waals surface area (Å²) in [5.74, 6) is 2.57. The van der Waals surface area contributed by atoms with E-state index in [1.54, 1.807) is 0 Å². The molecular weight excluding hydrogens is 220 g/mol. The van der Waals surface area contributed by atoms with Gasteiger partial charge in [-0.1, -0.05) is 0 Å². The Morgan fingerprint density at radius 1 is 1.44 bits per heavy atom. The van der Waals surface area contributed by atoms with Gasteiger partial charge < -0.3 is 10.1 Å². The van der Waals surface area contributed by atoms with Crippen LogP contribution in [0.1, 0.15) is 20.3 Å². The standard InChI is InChI=1S/C12H24N2OS/c1-10-8-15-11(2)7-14(10)5-3-12-9-16-6-4-13-12/h10-13H,3-9H2,1-2H3. The number of hydrogen-bond donors (Lipinski definition) is 1. The minimum atomic E-state index is 0.407. The first-order valence-electron chi connectivity index (χ1n) is 6.42. The van der Waals surface area contributed by atoms with E-state index in [-0.39, 0.29) is 0 Å². The van der Waals surface area contributed by atoms with Crippen molar-refractivity contribution in [2.75, 3.05) is 37.7 Å². The summed E-state index contributed by atoms with van der Waals surface area (Å²) in [6.45, 7) is 8.84. The zero-order valence-corrected chi connectivity index (χ0v) is 11.3. The SMILES string of the molecule is CC1CN(CCC2CSCCN2)C(C)CO1. The van der Waals surface area contributed by atoms with Crippen LogP contribution in [-0.2, 0) is 4.74 Å². The third-order valence-electron chi connectivity index (χ3n) is 3.50. The second kappa shape index (κ2) is 6.24. The molecule has 3 nitrogen and oxygen atoms in total. The minimum absolute atomic E-state index is 0.407. The first kappa shape index (κ1) is 12.7. The number of ether oxygens (including phenoxy) is 1. The van der Waals surface area contributed by atoms with Crippen LogP contribution >= 0.6 is 11.8 Å². The van der Waals surface area contributed by atoms with E-state index in [0.717, 1.165) is 19.2 Å². The van der Waals surface area contributed by atoms with Crippen LogP contribution in [0.4, 0.5) is 0 Å². The maximum atomic E-state index is 5.65. The maximum absolute atomic E-state index is 5.65. The molecule has 94 valence electrons. The van der Waals surface area contributed by atoms with E-state index in [1.807, 2.05) is 0 Å². The summed E-state index contributed by atoms with van der Waals surface area (Å²) in [5, 5.41) is 3.61. The molecule has 0 radical (unpaired) electrons. The Morgan fingerprint density at radius 3 is 3.06 bits per heavy atom. The molecule has 0 bridgehead atoms. The molecule has 4 heteroatoms. The van der Waals surface area contributed by atoms with Gasteiger partial charge in [0.05, 0.1) is 12.7 Å². The molecule has 2 rings (SSSR count). The van der Waals surface area contributed by atoms with Gasteiger partial charge in [0, 0.05) is 43.2 Å². The first-order valence-corrected chi connectivity index (χ1v) is 7.58. The summed E-state index contributed by atoms with van der Waals surface area (Å²) in [5.41, 5.74) is 0. The van der Waals surface area contributed by atoms with Gasteiger partial charge in [0.15, 0.2) is 0 Å². The van der Waals surface area contributed by atoms with E-state index in [2.05, 4.69) is 35.8 Å². The third kappa shape index (κ3) is 3.62. The van der Waals surface area contributed by atoms with Crippen molar-refractivity contribution < 1.29 is 4.74 Å². The Bertz CT molecular complexity index is 209. The van der Waals surface area contributed by atoms with Crippen LogP contribution in [0.5, 0.6) is 0 Å². The number of rotatable bonds is 3. The average Bonchev–Trinajstić information content (AvgIpc) is 2.32. The lowest BCUT2D eigenvalue weighted by Crippen LogP contribution is -2.49. The van der Waals surface area contributed by atoms with Crippen molar-refractivity contribution in [2.24, 2.45) is 0 Å². The van der Waals surface area contributed by atoms with Crippen molar-refractivity contribution in [3.8, 4) is 0 Å². The zero-order chi connectivity index (χ0) is 11.4. The molecule has 2 aliphatic heterocycles. The molecule has 0 aromatic carbocycles. The Hall–Kier alpha value is 0.230.